The molecule has 13 heavy (non-hydrogen) atoms. The molecule has 0 N–H and O–H groups in total. The van der Waals surface area contributed by atoms with Crippen LogP contribution in [0.4, 0.5) is 0 Å². The van der Waals surface area contributed by atoms with Gasteiger partial charge in [-0.2, -0.15) is 11.8 Å². The SMILES string of the molecule is Cc1nc(C(=O)C2CCCS2)cs1. The third-order valence-corrected chi connectivity index (χ3v) is 4.24. The van der Waals surface area contributed by atoms with Gasteiger partial charge in [0.15, 0.2) is 5.78 Å². The number of nitrogens with zero attached hydrogens (tertiary/aromatic N) is 1. The molecule has 0 saturated carbocycles. The van der Waals surface area contributed by atoms with E-state index in [0.29, 0.717) is 5.69 Å². The van der Waals surface area contributed by atoms with Crippen LogP contribution in [0, 0.1) is 6.92 Å². The van der Waals surface area contributed by atoms with E-state index >= 15 is 0 Å². The van der Waals surface area contributed by atoms with Gasteiger partial charge in [-0.3, -0.25) is 4.79 Å². The topological polar surface area (TPSA) is 30.0 Å². The fourth-order valence-electron chi connectivity index (χ4n) is 1.43. The van der Waals surface area contributed by atoms with E-state index in [-0.39, 0.29) is 11.0 Å². The standard InChI is InChI=1S/C9H11NOS2/c1-6-10-7(5-13-6)9(11)8-3-2-4-12-8/h5,8H,2-4H2,1H3. The van der Waals surface area contributed by atoms with E-state index < -0.39 is 0 Å². The molecule has 0 aromatic carbocycles. The van der Waals surface area contributed by atoms with Crippen LogP contribution < -0.4 is 0 Å². The number of aryl methyl sites for hydroxylation is 1. The molecule has 1 saturated heterocycles. The Morgan fingerprint density at radius 3 is 3.08 bits per heavy atom. The Labute approximate surface area is 85.8 Å². The fourth-order valence-corrected chi connectivity index (χ4v) is 3.25. The van der Waals surface area contributed by atoms with E-state index in [4.69, 9.17) is 0 Å². The molecular weight excluding hydrogens is 202 g/mol. The van der Waals surface area contributed by atoms with E-state index in [9.17, 15) is 4.79 Å². The maximum absolute atomic E-state index is 11.8. The smallest absolute Gasteiger partial charge is 0.194 e. The van der Waals surface area contributed by atoms with Crippen molar-refractivity contribution in [2.45, 2.75) is 25.0 Å². The molecule has 70 valence electrons. The van der Waals surface area contributed by atoms with Crippen molar-refractivity contribution in [3.05, 3.63) is 16.1 Å². The number of Topliss-reactive ketones (excluding diaryl/α,β-unsaturated/α-hetero) is 1. The summed E-state index contributed by atoms with van der Waals surface area (Å²) in [6, 6.07) is 0. The van der Waals surface area contributed by atoms with Crippen LogP contribution in [0.1, 0.15) is 28.3 Å². The van der Waals surface area contributed by atoms with Gasteiger partial charge in [0, 0.05) is 5.38 Å². The maximum Gasteiger partial charge on any atom is 0.194 e. The summed E-state index contributed by atoms with van der Waals surface area (Å²) in [5.74, 6) is 1.35. The molecule has 0 spiro atoms. The van der Waals surface area contributed by atoms with Gasteiger partial charge in [0.2, 0.25) is 0 Å². The zero-order chi connectivity index (χ0) is 9.26. The highest BCUT2D eigenvalue weighted by atomic mass is 32.2. The van der Waals surface area contributed by atoms with Gasteiger partial charge in [0.1, 0.15) is 5.69 Å². The number of carbonyl (C=O) groups is 1. The minimum Gasteiger partial charge on any atom is -0.291 e. The number of ketones is 1. The number of hydrogen-bond acceptors (Lipinski definition) is 4. The van der Waals surface area contributed by atoms with E-state index in [1.807, 2.05) is 12.3 Å². The first-order valence-electron chi connectivity index (χ1n) is 4.35. The molecule has 2 heterocycles. The molecule has 1 aliphatic heterocycles. The van der Waals surface area contributed by atoms with Crippen LogP contribution in [0.25, 0.3) is 0 Å². The van der Waals surface area contributed by atoms with Crippen LogP contribution in [-0.2, 0) is 0 Å². The normalized spacial score (nSPS) is 22.1. The quantitative estimate of drug-likeness (QED) is 0.707. The summed E-state index contributed by atoms with van der Waals surface area (Å²) in [5.41, 5.74) is 0.668. The van der Waals surface area contributed by atoms with E-state index in [1.165, 1.54) is 6.42 Å². The Morgan fingerprint density at radius 1 is 1.69 bits per heavy atom. The molecule has 0 bridgehead atoms. The van der Waals surface area contributed by atoms with Crippen molar-refractivity contribution in [3.8, 4) is 0 Å². The summed E-state index contributed by atoms with van der Waals surface area (Å²) in [5, 5.41) is 3.03. The van der Waals surface area contributed by atoms with Crippen molar-refractivity contribution in [2.24, 2.45) is 0 Å². The lowest BCUT2D eigenvalue weighted by molar-refractivity contribution is 0.0984. The molecule has 1 unspecified atom stereocenters. The number of thioether (sulfide) groups is 1. The zero-order valence-corrected chi connectivity index (χ0v) is 9.08. The molecule has 4 heteroatoms. The molecule has 0 amide bonds. The largest absolute Gasteiger partial charge is 0.291 e. The first-order chi connectivity index (χ1) is 6.27. The summed E-state index contributed by atoms with van der Waals surface area (Å²) in [7, 11) is 0. The van der Waals surface area contributed by atoms with Gasteiger partial charge in [0.25, 0.3) is 0 Å². The monoisotopic (exact) mass is 213 g/mol. The molecule has 0 radical (unpaired) electrons. The minimum atomic E-state index is 0.182. The second kappa shape index (κ2) is 3.80. The minimum absolute atomic E-state index is 0.182. The fraction of sp³-hybridized carbons (Fsp3) is 0.556. The molecule has 1 fully saturated rings. The second-order valence-electron chi connectivity index (χ2n) is 3.12. The van der Waals surface area contributed by atoms with Crippen molar-refractivity contribution in [2.75, 3.05) is 5.75 Å². The van der Waals surface area contributed by atoms with Crippen LogP contribution in [0.15, 0.2) is 5.38 Å². The number of rotatable bonds is 2. The second-order valence-corrected chi connectivity index (χ2v) is 5.49. The molecule has 2 nitrogen and oxygen atoms in total. The lowest BCUT2D eigenvalue weighted by Crippen LogP contribution is -2.14. The van der Waals surface area contributed by atoms with Crippen molar-refractivity contribution in [1.82, 2.24) is 4.98 Å². The van der Waals surface area contributed by atoms with Crippen LogP contribution in [0.5, 0.6) is 0 Å². The third-order valence-electron chi connectivity index (χ3n) is 2.09. The van der Waals surface area contributed by atoms with Gasteiger partial charge in [0.05, 0.1) is 10.3 Å². The third kappa shape index (κ3) is 1.94. The highest BCUT2D eigenvalue weighted by Crippen LogP contribution is 2.29. The Balaban J connectivity index is 2.12. The van der Waals surface area contributed by atoms with Crippen LogP contribution >= 0.6 is 23.1 Å². The maximum atomic E-state index is 11.8. The average molecular weight is 213 g/mol. The zero-order valence-electron chi connectivity index (χ0n) is 7.45. The van der Waals surface area contributed by atoms with E-state index in [2.05, 4.69) is 4.98 Å². The first kappa shape index (κ1) is 9.21. The Morgan fingerprint density at radius 2 is 2.54 bits per heavy atom. The molecule has 2 rings (SSSR count). The summed E-state index contributed by atoms with van der Waals surface area (Å²) in [6.07, 6.45) is 2.20. The Kier molecular flexibility index (Phi) is 2.69. The molecular formula is C9H11NOS2. The first-order valence-corrected chi connectivity index (χ1v) is 6.28. The molecule has 1 aromatic heterocycles. The highest BCUT2D eigenvalue weighted by Gasteiger charge is 2.25. The van der Waals surface area contributed by atoms with Gasteiger partial charge in [-0.1, -0.05) is 0 Å². The van der Waals surface area contributed by atoms with Crippen LogP contribution in [0.2, 0.25) is 0 Å². The number of carbonyl (C=O) groups excluding carboxylic acids is 1. The molecule has 0 aliphatic carbocycles. The van der Waals surface area contributed by atoms with Crippen LogP contribution in [0.3, 0.4) is 0 Å². The predicted molar refractivity (Wildman–Crippen MR) is 56.7 cm³/mol. The predicted octanol–water partition coefficient (Wildman–Crippen LogP) is 2.53. The number of hydrogen-bond donors (Lipinski definition) is 0. The number of aromatic nitrogens is 1. The Bertz CT molecular complexity index is 315. The summed E-state index contributed by atoms with van der Waals surface area (Å²) in [6.45, 7) is 1.93. The summed E-state index contributed by atoms with van der Waals surface area (Å²) in [4.78, 5) is 16.0. The van der Waals surface area contributed by atoms with Crippen molar-refractivity contribution >= 4 is 28.9 Å². The van der Waals surface area contributed by atoms with Gasteiger partial charge in [-0.05, 0) is 25.5 Å². The molecule has 1 atom stereocenters. The van der Waals surface area contributed by atoms with Gasteiger partial charge >= 0.3 is 0 Å². The number of thiazole rings is 1. The van der Waals surface area contributed by atoms with E-state index in [0.717, 1.165) is 17.2 Å². The lowest BCUT2D eigenvalue weighted by Gasteiger charge is -2.03. The van der Waals surface area contributed by atoms with Gasteiger partial charge in [-0.25, -0.2) is 4.98 Å². The van der Waals surface area contributed by atoms with Gasteiger partial charge < -0.3 is 0 Å². The van der Waals surface area contributed by atoms with E-state index in [1.54, 1.807) is 23.1 Å². The van der Waals surface area contributed by atoms with Crippen molar-refractivity contribution in [1.29, 1.82) is 0 Å². The van der Waals surface area contributed by atoms with Crippen molar-refractivity contribution in [3.63, 3.8) is 0 Å². The highest BCUT2D eigenvalue weighted by molar-refractivity contribution is 8.00. The van der Waals surface area contributed by atoms with Gasteiger partial charge in [-0.15, -0.1) is 11.3 Å². The van der Waals surface area contributed by atoms with Crippen molar-refractivity contribution < 1.29 is 4.79 Å². The lowest BCUT2D eigenvalue weighted by atomic mass is 10.1. The molecule has 1 aromatic rings. The summed E-state index contributed by atoms with van der Waals surface area (Å²) < 4.78 is 0. The summed E-state index contributed by atoms with van der Waals surface area (Å²) >= 11 is 3.32. The molecule has 1 aliphatic rings. The average Bonchev–Trinajstić information content (AvgIpc) is 2.72. The van der Waals surface area contributed by atoms with Crippen LogP contribution in [-0.4, -0.2) is 21.8 Å². The Hall–Kier alpha value is -0.350.